The smallest absolute Gasteiger partial charge is 0.232 e. The predicted octanol–water partition coefficient (Wildman–Crippen LogP) is 1.62. The van der Waals surface area contributed by atoms with E-state index >= 15 is 0 Å². The minimum Gasteiger partial charge on any atom is -0.335 e. The van der Waals surface area contributed by atoms with Crippen LogP contribution in [-0.4, -0.2) is 28.3 Å². The molecule has 0 heterocycles. The first-order chi connectivity index (χ1) is 5.26. The Morgan fingerprint density at radius 3 is 2.09 bits per heavy atom. The number of hydrogen-bond acceptors (Lipinski definition) is 1. The number of alkyl halides is 1. The Morgan fingerprint density at radius 2 is 1.82 bits per heavy atom. The maximum absolute atomic E-state index is 11.1. The minimum absolute atomic E-state index is 0.130. The van der Waals surface area contributed by atoms with E-state index < -0.39 is 0 Å². The van der Waals surface area contributed by atoms with Crippen LogP contribution in [0, 0.1) is 0 Å². The summed E-state index contributed by atoms with van der Waals surface area (Å²) in [5.74, 6) is 0.130. The monoisotopic (exact) mass is 265 g/mol. The van der Waals surface area contributed by atoms with E-state index in [4.69, 9.17) is 0 Å². The van der Waals surface area contributed by atoms with Gasteiger partial charge >= 0.3 is 0 Å². The van der Waals surface area contributed by atoms with Crippen molar-refractivity contribution in [1.29, 1.82) is 0 Å². The molecule has 11 heavy (non-hydrogen) atoms. The molecule has 0 aliphatic heterocycles. The average Bonchev–Trinajstić information content (AvgIpc) is 2.03. The quantitative estimate of drug-likeness (QED) is 0.420. The van der Waals surface area contributed by atoms with E-state index in [1.54, 1.807) is 17.1 Å². The van der Waals surface area contributed by atoms with Crippen LogP contribution in [0.4, 0.5) is 0 Å². The Kier molecular flexibility index (Phi) is 6.21. The van der Waals surface area contributed by atoms with Gasteiger partial charge in [-0.25, -0.2) is 0 Å². The van der Waals surface area contributed by atoms with Crippen molar-refractivity contribution in [1.82, 2.24) is 4.90 Å². The average molecular weight is 265 g/mol. The molecule has 0 aliphatic carbocycles. The van der Waals surface area contributed by atoms with Crippen LogP contribution >= 0.6 is 22.6 Å². The van der Waals surface area contributed by atoms with Gasteiger partial charge in [-0.3, -0.25) is 4.79 Å². The summed E-state index contributed by atoms with van der Waals surface area (Å²) < 4.78 is 0.513. The number of carbonyl (C=O) groups is 1. The van der Waals surface area contributed by atoms with Crippen LogP contribution in [0.15, 0.2) is 25.3 Å². The Morgan fingerprint density at radius 1 is 1.36 bits per heavy atom. The Hall–Kier alpha value is -0.320. The lowest BCUT2D eigenvalue weighted by molar-refractivity contribution is -0.127. The van der Waals surface area contributed by atoms with Crippen molar-refractivity contribution in [2.75, 3.05) is 17.5 Å². The highest BCUT2D eigenvalue weighted by molar-refractivity contribution is 14.1. The molecule has 0 saturated carbocycles. The normalized spacial score (nSPS) is 8.82. The van der Waals surface area contributed by atoms with Crippen LogP contribution in [0.5, 0.6) is 0 Å². The summed E-state index contributed by atoms with van der Waals surface area (Å²) in [5, 5.41) is 0. The van der Waals surface area contributed by atoms with Crippen molar-refractivity contribution in [2.45, 2.75) is 0 Å². The highest BCUT2D eigenvalue weighted by Crippen LogP contribution is 1.94. The third-order valence-corrected chi connectivity index (χ3v) is 1.82. The van der Waals surface area contributed by atoms with Crippen LogP contribution in [0.1, 0.15) is 0 Å². The SMILES string of the molecule is C=CCN(CC=C)C(=O)CI. The first-order valence-corrected chi connectivity index (χ1v) is 4.84. The van der Waals surface area contributed by atoms with Crippen molar-refractivity contribution in [3.63, 3.8) is 0 Å². The van der Waals surface area contributed by atoms with E-state index in [9.17, 15) is 4.79 Å². The summed E-state index contributed by atoms with van der Waals surface area (Å²) in [6.45, 7) is 8.35. The second kappa shape index (κ2) is 6.39. The number of halogens is 1. The summed E-state index contributed by atoms with van der Waals surface area (Å²) in [7, 11) is 0. The topological polar surface area (TPSA) is 20.3 Å². The fourth-order valence-electron chi connectivity index (χ4n) is 0.674. The molecule has 0 spiro atoms. The zero-order valence-corrected chi connectivity index (χ0v) is 8.58. The molecule has 0 aromatic carbocycles. The van der Waals surface area contributed by atoms with E-state index in [1.807, 2.05) is 22.6 Å². The van der Waals surface area contributed by atoms with E-state index in [2.05, 4.69) is 13.2 Å². The molecule has 0 aromatic heterocycles. The zero-order chi connectivity index (χ0) is 8.69. The molecular formula is C8H12INO. The van der Waals surface area contributed by atoms with Gasteiger partial charge in [-0.1, -0.05) is 34.7 Å². The molecule has 62 valence electrons. The Bertz CT molecular complexity index is 146. The van der Waals surface area contributed by atoms with Gasteiger partial charge < -0.3 is 4.90 Å². The third kappa shape index (κ3) is 4.19. The van der Waals surface area contributed by atoms with Crippen LogP contribution in [0.2, 0.25) is 0 Å². The van der Waals surface area contributed by atoms with Gasteiger partial charge in [0.1, 0.15) is 0 Å². The molecule has 0 rings (SSSR count). The molecule has 0 fully saturated rings. The number of nitrogens with zero attached hydrogens (tertiary/aromatic N) is 1. The second-order valence-electron chi connectivity index (χ2n) is 2.01. The van der Waals surface area contributed by atoms with Crippen molar-refractivity contribution in [3.8, 4) is 0 Å². The number of carbonyl (C=O) groups excluding carboxylic acids is 1. The van der Waals surface area contributed by atoms with Crippen LogP contribution in [0.25, 0.3) is 0 Å². The number of rotatable bonds is 5. The molecule has 3 heteroatoms. The van der Waals surface area contributed by atoms with Crippen LogP contribution in [-0.2, 0) is 4.79 Å². The van der Waals surface area contributed by atoms with Crippen LogP contribution < -0.4 is 0 Å². The first-order valence-electron chi connectivity index (χ1n) is 3.31. The standard InChI is InChI=1S/C8H12INO/c1-3-5-10(6-4-2)8(11)7-9/h3-4H,1-2,5-7H2. The van der Waals surface area contributed by atoms with E-state index in [1.165, 1.54) is 0 Å². The molecule has 0 aliphatic rings. The van der Waals surface area contributed by atoms with Gasteiger partial charge in [0.2, 0.25) is 5.91 Å². The lowest BCUT2D eigenvalue weighted by Gasteiger charge is -2.17. The van der Waals surface area contributed by atoms with Crippen LogP contribution in [0.3, 0.4) is 0 Å². The third-order valence-electron chi connectivity index (χ3n) is 1.17. The highest BCUT2D eigenvalue weighted by atomic mass is 127. The van der Waals surface area contributed by atoms with E-state index in [0.717, 1.165) is 0 Å². The molecule has 0 saturated heterocycles. The van der Waals surface area contributed by atoms with Gasteiger partial charge in [0.25, 0.3) is 0 Å². The highest BCUT2D eigenvalue weighted by Gasteiger charge is 2.06. The Labute approximate surface area is 81.1 Å². The first kappa shape index (κ1) is 10.7. The largest absolute Gasteiger partial charge is 0.335 e. The summed E-state index contributed by atoms with van der Waals surface area (Å²) in [5.41, 5.74) is 0. The van der Waals surface area contributed by atoms with Crippen molar-refractivity contribution < 1.29 is 4.79 Å². The Balaban J connectivity index is 3.95. The lowest BCUT2D eigenvalue weighted by Crippen LogP contribution is -2.31. The molecule has 0 unspecified atom stereocenters. The molecule has 2 nitrogen and oxygen atoms in total. The van der Waals surface area contributed by atoms with Crippen molar-refractivity contribution in [3.05, 3.63) is 25.3 Å². The molecule has 0 bridgehead atoms. The summed E-state index contributed by atoms with van der Waals surface area (Å²) in [4.78, 5) is 12.8. The molecular weight excluding hydrogens is 253 g/mol. The summed E-state index contributed by atoms with van der Waals surface area (Å²) in [6, 6.07) is 0. The number of amides is 1. The van der Waals surface area contributed by atoms with E-state index in [0.29, 0.717) is 17.5 Å². The molecule has 0 radical (unpaired) electrons. The summed E-state index contributed by atoms with van der Waals surface area (Å²) in [6.07, 6.45) is 3.43. The van der Waals surface area contributed by atoms with E-state index in [-0.39, 0.29) is 5.91 Å². The zero-order valence-electron chi connectivity index (χ0n) is 6.42. The van der Waals surface area contributed by atoms with Gasteiger partial charge in [0.15, 0.2) is 0 Å². The van der Waals surface area contributed by atoms with Gasteiger partial charge in [-0.05, 0) is 0 Å². The van der Waals surface area contributed by atoms with Crippen molar-refractivity contribution in [2.24, 2.45) is 0 Å². The van der Waals surface area contributed by atoms with Gasteiger partial charge in [-0.2, -0.15) is 0 Å². The fraction of sp³-hybridized carbons (Fsp3) is 0.375. The lowest BCUT2D eigenvalue weighted by atomic mass is 10.4. The molecule has 1 amide bonds. The minimum atomic E-state index is 0.130. The predicted molar refractivity (Wildman–Crippen MR) is 55.9 cm³/mol. The molecule has 0 aromatic rings. The maximum Gasteiger partial charge on any atom is 0.232 e. The van der Waals surface area contributed by atoms with Crippen molar-refractivity contribution >= 4 is 28.5 Å². The van der Waals surface area contributed by atoms with Gasteiger partial charge in [-0.15, -0.1) is 13.2 Å². The molecule has 0 N–H and O–H groups in total. The number of hydrogen-bond donors (Lipinski definition) is 0. The van der Waals surface area contributed by atoms with Gasteiger partial charge in [0, 0.05) is 13.1 Å². The summed E-state index contributed by atoms with van der Waals surface area (Å²) >= 11 is 2.05. The fourth-order valence-corrected chi connectivity index (χ4v) is 1.16. The second-order valence-corrected chi connectivity index (χ2v) is 2.77. The van der Waals surface area contributed by atoms with Gasteiger partial charge in [0.05, 0.1) is 4.43 Å². The molecule has 0 atom stereocenters. The maximum atomic E-state index is 11.1.